The van der Waals surface area contributed by atoms with Crippen LogP contribution < -0.4 is 5.32 Å². The Morgan fingerprint density at radius 1 is 1.67 bits per heavy atom. The van der Waals surface area contributed by atoms with Gasteiger partial charge in [-0.15, -0.1) is 0 Å². The summed E-state index contributed by atoms with van der Waals surface area (Å²) in [5.41, 5.74) is -1.67. The molecule has 21 heavy (non-hydrogen) atoms. The molecule has 116 valence electrons. The van der Waals surface area contributed by atoms with Gasteiger partial charge in [0.1, 0.15) is 11.3 Å². The molecule has 0 fully saturated rings. The van der Waals surface area contributed by atoms with Crippen LogP contribution in [0.2, 0.25) is 0 Å². The number of ether oxygens (including phenoxy) is 1. The summed E-state index contributed by atoms with van der Waals surface area (Å²) in [5.74, 6) is -2.15. The van der Waals surface area contributed by atoms with Gasteiger partial charge >= 0.3 is 5.97 Å². The fourth-order valence-corrected chi connectivity index (χ4v) is 1.93. The monoisotopic (exact) mass is 366 g/mol. The first-order valence-electron chi connectivity index (χ1n) is 5.61. The lowest BCUT2D eigenvalue weighted by molar-refractivity contribution is -0.384. The van der Waals surface area contributed by atoms with Crippen molar-refractivity contribution in [1.82, 2.24) is 0 Å². The molecule has 0 heterocycles. The molecule has 1 aromatic rings. The normalized spacial score (nSPS) is 11.9. The summed E-state index contributed by atoms with van der Waals surface area (Å²) in [5, 5.41) is 31.4. The average molecular weight is 367 g/mol. The van der Waals surface area contributed by atoms with Crippen LogP contribution in [0, 0.1) is 15.9 Å². The summed E-state index contributed by atoms with van der Waals surface area (Å²) in [6.07, 6.45) is -1.23. The zero-order chi connectivity index (χ0) is 16.2. The zero-order valence-corrected chi connectivity index (χ0v) is 12.4. The number of anilines is 1. The second kappa shape index (κ2) is 7.29. The number of benzene rings is 1. The summed E-state index contributed by atoms with van der Waals surface area (Å²) < 4.78 is 18.2. The Labute approximate surface area is 126 Å². The number of nitro benzene ring substituents is 1. The van der Waals surface area contributed by atoms with E-state index in [-0.39, 0.29) is 11.0 Å². The maximum atomic E-state index is 14.0. The predicted molar refractivity (Wildman–Crippen MR) is 73.7 cm³/mol. The van der Waals surface area contributed by atoms with E-state index in [0.717, 1.165) is 13.2 Å². The highest BCUT2D eigenvalue weighted by Gasteiger charge is 2.29. The summed E-state index contributed by atoms with van der Waals surface area (Å²) in [4.78, 5) is 21.8. The van der Waals surface area contributed by atoms with Gasteiger partial charge in [0.05, 0.1) is 29.2 Å². The molecule has 0 aromatic heterocycles. The lowest BCUT2D eigenvalue weighted by Gasteiger charge is -2.14. The molecule has 10 heteroatoms. The van der Waals surface area contributed by atoms with Crippen LogP contribution in [-0.4, -0.2) is 47.5 Å². The van der Waals surface area contributed by atoms with Crippen LogP contribution in [0.4, 0.5) is 15.8 Å². The van der Waals surface area contributed by atoms with Gasteiger partial charge < -0.3 is 20.3 Å². The number of nitrogens with zero attached hydrogens (tertiary/aromatic N) is 1. The number of halogens is 2. The van der Waals surface area contributed by atoms with Crippen LogP contribution in [0.1, 0.15) is 10.4 Å². The highest BCUT2D eigenvalue weighted by Crippen LogP contribution is 2.35. The molecule has 1 atom stereocenters. The Morgan fingerprint density at radius 3 is 2.76 bits per heavy atom. The van der Waals surface area contributed by atoms with Gasteiger partial charge in [-0.3, -0.25) is 10.1 Å². The van der Waals surface area contributed by atoms with E-state index in [2.05, 4.69) is 26.0 Å². The second-order valence-corrected chi connectivity index (χ2v) is 4.76. The molecule has 0 saturated carbocycles. The maximum Gasteiger partial charge on any atom is 0.343 e. The Balaban J connectivity index is 3.43. The van der Waals surface area contributed by atoms with Gasteiger partial charge in [0.2, 0.25) is 0 Å². The number of carbonyl (C=O) groups is 1. The highest BCUT2D eigenvalue weighted by molar-refractivity contribution is 9.10. The van der Waals surface area contributed by atoms with Crippen LogP contribution in [-0.2, 0) is 4.74 Å². The first-order valence-corrected chi connectivity index (χ1v) is 6.40. The van der Waals surface area contributed by atoms with Crippen LogP contribution in [0.5, 0.6) is 0 Å². The molecule has 0 saturated heterocycles. The van der Waals surface area contributed by atoms with E-state index in [1.54, 1.807) is 0 Å². The first kappa shape index (κ1) is 17.3. The SMILES string of the molecule is COC(=O)c1c(F)c(Br)cc([N+](=O)[O-])c1NCC(O)CO. The summed E-state index contributed by atoms with van der Waals surface area (Å²) in [7, 11) is 1.00. The van der Waals surface area contributed by atoms with Gasteiger partial charge in [-0.25, -0.2) is 9.18 Å². The summed E-state index contributed by atoms with van der Waals surface area (Å²) in [6.45, 7) is -0.921. The second-order valence-electron chi connectivity index (χ2n) is 3.91. The Kier molecular flexibility index (Phi) is 6.00. The maximum absolute atomic E-state index is 14.0. The minimum atomic E-state index is -1.23. The quantitative estimate of drug-likeness (QED) is 0.390. The van der Waals surface area contributed by atoms with E-state index in [9.17, 15) is 24.4 Å². The molecular weight excluding hydrogens is 355 g/mol. The topological polar surface area (TPSA) is 122 Å². The van der Waals surface area contributed by atoms with Crippen molar-refractivity contribution in [2.45, 2.75) is 6.10 Å². The number of rotatable bonds is 6. The van der Waals surface area contributed by atoms with Crippen molar-refractivity contribution in [2.75, 3.05) is 25.6 Å². The van der Waals surface area contributed by atoms with Crippen molar-refractivity contribution in [1.29, 1.82) is 0 Å². The molecule has 1 rings (SSSR count). The zero-order valence-electron chi connectivity index (χ0n) is 10.8. The number of aliphatic hydroxyl groups excluding tert-OH is 2. The van der Waals surface area contributed by atoms with Gasteiger partial charge in [-0.05, 0) is 15.9 Å². The fraction of sp³-hybridized carbons (Fsp3) is 0.364. The van der Waals surface area contributed by atoms with E-state index in [1.807, 2.05) is 0 Å². The number of nitro groups is 1. The van der Waals surface area contributed by atoms with E-state index in [4.69, 9.17) is 5.11 Å². The van der Waals surface area contributed by atoms with Gasteiger partial charge in [-0.2, -0.15) is 0 Å². The minimum absolute atomic E-state index is 0.275. The number of nitrogens with one attached hydrogen (secondary N) is 1. The first-order chi connectivity index (χ1) is 9.83. The number of aliphatic hydroxyl groups is 2. The van der Waals surface area contributed by atoms with Crippen LogP contribution in [0.15, 0.2) is 10.5 Å². The fourth-order valence-electron chi connectivity index (χ4n) is 1.51. The molecule has 0 aliphatic heterocycles. The summed E-state index contributed by atoms with van der Waals surface area (Å²) >= 11 is 2.79. The third-order valence-electron chi connectivity index (χ3n) is 2.51. The van der Waals surface area contributed by atoms with Gasteiger partial charge in [0.25, 0.3) is 5.69 Å². The lowest BCUT2D eigenvalue weighted by Crippen LogP contribution is -2.25. The molecule has 0 bridgehead atoms. The van der Waals surface area contributed by atoms with Crippen molar-refractivity contribution in [3.05, 3.63) is 32.0 Å². The summed E-state index contributed by atoms with van der Waals surface area (Å²) in [6, 6.07) is 0.884. The van der Waals surface area contributed by atoms with Crippen LogP contribution in [0.3, 0.4) is 0 Å². The number of hydrogen-bond acceptors (Lipinski definition) is 7. The molecule has 1 aromatic carbocycles. The number of esters is 1. The van der Waals surface area contributed by atoms with Crippen LogP contribution >= 0.6 is 15.9 Å². The standard InChI is InChI=1S/C11H12BrFN2O6/c1-21-11(18)8-9(13)6(12)2-7(15(19)20)10(8)14-3-5(17)4-16/h2,5,14,16-17H,3-4H2,1H3. The molecule has 0 radical (unpaired) electrons. The van der Waals surface area contributed by atoms with Gasteiger partial charge in [-0.1, -0.05) is 0 Å². The smallest absolute Gasteiger partial charge is 0.343 e. The number of hydrogen-bond donors (Lipinski definition) is 3. The Morgan fingerprint density at radius 2 is 2.29 bits per heavy atom. The molecular formula is C11H12BrFN2O6. The third kappa shape index (κ3) is 3.86. The molecule has 0 spiro atoms. The van der Waals surface area contributed by atoms with Gasteiger partial charge in [0, 0.05) is 12.6 Å². The van der Waals surface area contributed by atoms with Crippen molar-refractivity contribution in [2.24, 2.45) is 0 Å². The molecule has 3 N–H and O–H groups in total. The van der Waals surface area contributed by atoms with Crippen LogP contribution in [0.25, 0.3) is 0 Å². The van der Waals surface area contributed by atoms with Crippen molar-refractivity contribution < 1.29 is 29.1 Å². The third-order valence-corrected chi connectivity index (χ3v) is 3.09. The van der Waals surface area contributed by atoms with Crippen molar-refractivity contribution in [3.63, 3.8) is 0 Å². The van der Waals surface area contributed by atoms with E-state index in [1.165, 1.54) is 0 Å². The molecule has 1 unspecified atom stereocenters. The Hall–Kier alpha value is -1.78. The van der Waals surface area contributed by atoms with Gasteiger partial charge in [0.15, 0.2) is 5.82 Å². The largest absolute Gasteiger partial charge is 0.465 e. The molecule has 8 nitrogen and oxygen atoms in total. The molecule has 0 amide bonds. The molecule has 0 aliphatic carbocycles. The van der Waals surface area contributed by atoms with E-state index in [0.29, 0.717) is 0 Å². The predicted octanol–water partition coefficient (Wildman–Crippen LogP) is 1.05. The average Bonchev–Trinajstić information content (AvgIpc) is 2.46. The lowest BCUT2D eigenvalue weighted by atomic mass is 10.1. The van der Waals surface area contributed by atoms with E-state index < -0.39 is 46.4 Å². The Bertz CT molecular complexity index is 568. The highest BCUT2D eigenvalue weighted by atomic mass is 79.9. The van der Waals surface area contributed by atoms with E-state index >= 15 is 0 Å². The van der Waals surface area contributed by atoms with Crippen molar-refractivity contribution in [3.8, 4) is 0 Å². The number of carbonyl (C=O) groups excluding carboxylic acids is 1. The van der Waals surface area contributed by atoms with Crippen molar-refractivity contribution >= 4 is 33.3 Å². The number of methoxy groups -OCH3 is 1. The minimum Gasteiger partial charge on any atom is -0.465 e. The molecule has 0 aliphatic rings.